The van der Waals surface area contributed by atoms with Crippen LogP contribution in [0.4, 0.5) is 0 Å². The maximum atomic E-state index is 11.6. The van der Waals surface area contributed by atoms with Crippen molar-refractivity contribution in [2.75, 3.05) is 6.61 Å². The van der Waals surface area contributed by atoms with E-state index in [9.17, 15) is 10.2 Å². The van der Waals surface area contributed by atoms with Crippen LogP contribution in [-0.2, 0) is 16.2 Å². The number of hydrogen-bond acceptors (Lipinski definition) is 3. The Morgan fingerprint density at radius 1 is 0.735 bits per heavy atom. The third kappa shape index (κ3) is 6.50. The van der Waals surface area contributed by atoms with Crippen LogP contribution in [0.15, 0.2) is 41.4 Å². The highest BCUT2D eigenvalue weighted by Crippen LogP contribution is 2.39. The van der Waals surface area contributed by atoms with Crippen LogP contribution < -0.4 is 0 Å². The number of aromatic hydroxyl groups is 1. The number of phenolic OH excluding ortho intramolecular Hbond substituents is 1. The van der Waals surface area contributed by atoms with Gasteiger partial charge in [0, 0.05) is 16.7 Å². The van der Waals surface area contributed by atoms with E-state index in [2.05, 4.69) is 119 Å². The van der Waals surface area contributed by atoms with Crippen LogP contribution in [0, 0.1) is 5.41 Å². The minimum atomic E-state index is -0.305. The third-order valence-corrected chi connectivity index (χ3v) is 6.52. The van der Waals surface area contributed by atoms with Crippen molar-refractivity contribution in [1.82, 2.24) is 0 Å². The van der Waals surface area contributed by atoms with Crippen molar-refractivity contribution in [1.29, 1.82) is 0 Å². The van der Waals surface area contributed by atoms with E-state index in [1.807, 2.05) is 0 Å². The molecule has 34 heavy (non-hydrogen) atoms. The third-order valence-electron chi connectivity index (χ3n) is 6.52. The van der Waals surface area contributed by atoms with E-state index in [0.29, 0.717) is 0 Å². The van der Waals surface area contributed by atoms with Gasteiger partial charge in [0.05, 0.1) is 18.4 Å². The first kappa shape index (κ1) is 28.1. The molecule has 0 saturated carbocycles. The highest BCUT2D eigenvalue weighted by molar-refractivity contribution is 6.15. The molecule has 1 atom stereocenters. The summed E-state index contributed by atoms with van der Waals surface area (Å²) in [6, 6.07) is 12.4. The quantitative estimate of drug-likeness (QED) is 0.459. The number of aliphatic imine (C=N–C) groups is 1. The topological polar surface area (TPSA) is 52.8 Å². The van der Waals surface area contributed by atoms with Crippen LogP contribution in [0.2, 0.25) is 0 Å². The van der Waals surface area contributed by atoms with Crippen molar-refractivity contribution < 1.29 is 10.2 Å². The molecule has 0 aliphatic heterocycles. The van der Waals surface area contributed by atoms with Gasteiger partial charge in [-0.2, -0.15) is 0 Å². The number of aliphatic hydroxyl groups is 1. The normalized spacial score (nSPS) is 14.9. The second-order valence-electron chi connectivity index (χ2n) is 13.8. The van der Waals surface area contributed by atoms with Crippen LogP contribution in [-0.4, -0.2) is 28.6 Å². The van der Waals surface area contributed by atoms with Gasteiger partial charge in [-0.25, -0.2) is 0 Å². The van der Waals surface area contributed by atoms with Crippen molar-refractivity contribution in [2.45, 2.75) is 105 Å². The smallest absolute Gasteiger partial charge is 0.128 e. The molecule has 0 aliphatic rings. The average Bonchev–Trinajstić information content (AvgIpc) is 2.66. The van der Waals surface area contributed by atoms with Crippen LogP contribution in [0.1, 0.15) is 111 Å². The highest BCUT2D eigenvalue weighted by atomic mass is 16.3. The van der Waals surface area contributed by atoms with E-state index in [-0.39, 0.29) is 40.1 Å². The first-order chi connectivity index (χ1) is 15.3. The van der Waals surface area contributed by atoms with Gasteiger partial charge in [0.15, 0.2) is 0 Å². The number of benzene rings is 2. The minimum absolute atomic E-state index is 0.0442. The van der Waals surface area contributed by atoms with Gasteiger partial charge in [-0.15, -0.1) is 0 Å². The van der Waals surface area contributed by atoms with Crippen molar-refractivity contribution in [2.24, 2.45) is 10.4 Å². The number of aliphatic hydroxyl groups excluding tert-OH is 1. The van der Waals surface area contributed by atoms with Crippen LogP contribution in [0.25, 0.3) is 0 Å². The number of phenols is 1. The molecule has 0 aromatic heterocycles. The summed E-state index contributed by atoms with van der Waals surface area (Å²) in [4.78, 5) is 5.11. The van der Waals surface area contributed by atoms with Gasteiger partial charge in [0.25, 0.3) is 0 Å². The summed E-state index contributed by atoms with van der Waals surface area (Å²) in [5.74, 6) is 0.268. The molecule has 0 aliphatic carbocycles. The molecular weight excluding hydrogens is 418 g/mol. The minimum Gasteiger partial charge on any atom is -0.507 e. The van der Waals surface area contributed by atoms with E-state index >= 15 is 0 Å². The van der Waals surface area contributed by atoms with Gasteiger partial charge in [0.1, 0.15) is 5.75 Å². The van der Waals surface area contributed by atoms with Crippen molar-refractivity contribution in [3.05, 3.63) is 64.2 Å². The second-order valence-corrected chi connectivity index (χ2v) is 13.8. The van der Waals surface area contributed by atoms with E-state index in [0.717, 1.165) is 28.0 Å². The van der Waals surface area contributed by atoms with E-state index in [1.165, 1.54) is 5.56 Å². The maximum absolute atomic E-state index is 11.6. The summed E-state index contributed by atoms with van der Waals surface area (Å²) >= 11 is 0. The zero-order valence-corrected chi connectivity index (χ0v) is 23.6. The summed E-state index contributed by atoms with van der Waals surface area (Å²) in [7, 11) is 0. The first-order valence-electron chi connectivity index (χ1n) is 12.4. The summed E-state index contributed by atoms with van der Waals surface area (Å²) in [6.45, 7) is 25.8. The Kier molecular flexibility index (Phi) is 7.85. The lowest BCUT2D eigenvalue weighted by molar-refractivity contribution is 0.190. The predicted octanol–water partition coefficient (Wildman–Crippen LogP) is 7.53. The highest BCUT2D eigenvalue weighted by Gasteiger charge is 2.29. The zero-order chi connectivity index (χ0) is 26.3. The molecule has 0 unspecified atom stereocenters. The molecule has 3 nitrogen and oxygen atoms in total. The van der Waals surface area contributed by atoms with Crippen molar-refractivity contribution in [3.63, 3.8) is 0 Å². The van der Waals surface area contributed by atoms with Crippen LogP contribution in [0.3, 0.4) is 0 Å². The van der Waals surface area contributed by atoms with E-state index in [4.69, 9.17) is 4.99 Å². The standard InChI is InChI=1S/C31H47NO2/c1-28(2,3)21-15-13-20(14-16-21)26(32-25(19-33)31(10,11)12)23-17-22(29(4,5)6)18-24(27(23)34)30(7,8)9/h13-18,25,33-34H,19H2,1-12H3/t25-/m1/s1. The Morgan fingerprint density at radius 2 is 1.24 bits per heavy atom. The Balaban J connectivity index is 2.93. The molecule has 188 valence electrons. The molecule has 0 heterocycles. The summed E-state index contributed by atoms with van der Waals surface area (Å²) < 4.78 is 0. The summed E-state index contributed by atoms with van der Waals surface area (Å²) in [5.41, 5.74) is 5.19. The Labute approximate surface area is 208 Å². The Hall–Kier alpha value is -2.13. The SMILES string of the molecule is CC(C)(C)c1ccc(C(=N[C@H](CO)C(C)(C)C)c2cc(C(C)(C)C)cc(C(C)(C)C)c2O)cc1. The molecule has 2 aromatic rings. The molecule has 2 aromatic carbocycles. The number of nitrogens with zero attached hydrogens (tertiary/aromatic N) is 1. The molecule has 0 fully saturated rings. The van der Waals surface area contributed by atoms with Crippen molar-refractivity contribution in [3.8, 4) is 5.75 Å². The number of hydrogen-bond donors (Lipinski definition) is 2. The van der Waals surface area contributed by atoms with Gasteiger partial charge in [-0.05, 0) is 38.9 Å². The second kappa shape index (κ2) is 9.49. The van der Waals surface area contributed by atoms with Gasteiger partial charge < -0.3 is 10.2 Å². The molecule has 3 heteroatoms. The fourth-order valence-electron chi connectivity index (χ4n) is 3.91. The van der Waals surface area contributed by atoms with Gasteiger partial charge >= 0.3 is 0 Å². The Morgan fingerprint density at radius 3 is 1.62 bits per heavy atom. The fraction of sp³-hybridized carbons (Fsp3) is 0.581. The molecule has 2 N–H and O–H groups in total. The summed E-state index contributed by atoms with van der Waals surface area (Å²) in [5, 5.41) is 21.8. The zero-order valence-electron chi connectivity index (χ0n) is 23.6. The van der Waals surface area contributed by atoms with Gasteiger partial charge in [-0.1, -0.05) is 113 Å². The van der Waals surface area contributed by atoms with Crippen LogP contribution in [0.5, 0.6) is 5.75 Å². The molecule has 0 spiro atoms. The first-order valence-corrected chi connectivity index (χ1v) is 12.4. The lowest BCUT2D eigenvalue weighted by atomic mass is 9.77. The monoisotopic (exact) mass is 465 g/mol. The number of rotatable bonds is 4. The predicted molar refractivity (Wildman–Crippen MR) is 147 cm³/mol. The van der Waals surface area contributed by atoms with Gasteiger partial charge in [0.2, 0.25) is 0 Å². The maximum Gasteiger partial charge on any atom is 0.128 e. The molecule has 2 rings (SSSR count). The molecule has 0 radical (unpaired) electrons. The fourth-order valence-corrected chi connectivity index (χ4v) is 3.91. The van der Waals surface area contributed by atoms with E-state index < -0.39 is 0 Å². The molecule has 0 bridgehead atoms. The average molecular weight is 466 g/mol. The molecular formula is C31H47NO2. The Bertz CT molecular complexity index is 1020. The van der Waals surface area contributed by atoms with Crippen molar-refractivity contribution >= 4 is 5.71 Å². The molecule has 0 saturated heterocycles. The lowest BCUT2D eigenvalue weighted by Crippen LogP contribution is -2.30. The van der Waals surface area contributed by atoms with Crippen LogP contribution >= 0.6 is 0 Å². The van der Waals surface area contributed by atoms with E-state index in [1.54, 1.807) is 0 Å². The largest absolute Gasteiger partial charge is 0.507 e. The lowest BCUT2D eigenvalue weighted by Gasteiger charge is -2.30. The molecule has 0 amide bonds. The van der Waals surface area contributed by atoms with Gasteiger partial charge in [-0.3, -0.25) is 4.99 Å². The summed E-state index contributed by atoms with van der Waals surface area (Å²) in [6.07, 6.45) is 0.